The molecule has 0 atom stereocenters. The lowest BCUT2D eigenvalue weighted by molar-refractivity contribution is -0.137. The molecule has 3 aromatic rings. The van der Waals surface area contributed by atoms with E-state index in [1.165, 1.54) is 16.0 Å². The molecule has 3 nitrogen and oxygen atoms in total. The molecule has 2 aromatic carbocycles. The van der Waals surface area contributed by atoms with Crippen LogP contribution in [0.15, 0.2) is 52.3 Å². The molecule has 0 saturated carbocycles. The number of nitrogens with zero attached hydrogens (tertiary/aromatic N) is 1. The number of carboxylic acids is 1. The third-order valence-corrected chi connectivity index (χ3v) is 5.42. The van der Waals surface area contributed by atoms with Crippen LogP contribution in [-0.4, -0.2) is 15.6 Å². The van der Waals surface area contributed by atoms with Crippen LogP contribution in [0.1, 0.15) is 16.8 Å². The van der Waals surface area contributed by atoms with Gasteiger partial charge in [-0.15, -0.1) is 0 Å². The maximum atomic E-state index is 11.2. The summed E-state index contributed by atoms with van der Waals surface area (Å²) in [6, 6.07) is 14.5. The summed E-state index contributed by atoms with van der Waals surface area (Å²) in [6.45, 7) is 6.14. The van der Waals surface area contributed by atoms with Gasteiger partial charge in [0.25, 0.3) is 0 Å². The lowest BCUT2D eigenvalue weighted by Gasteiger charge is -2.07. The standard InChI is InChI=1S/C19H19NO2S/c1-12-8-9-16-15(10-12)19(14(3)20(16)11-18(21)22)23-17-7-5-4-6-13(17)2/h4-10H,11H2,1-3H3,(H,21,22). The largest absolute Gasteiger partial charge is 0.480 e. The highest BCUT2D eigenvalue weighted by atomic mass is 32.2. The Morgan fingerprint density at radius 2 is 1.87 bits per heavy atom. The minimum absolute atomic E-state index is 0.0142. The molecule has 1 heterocycles. The van der Waals surface area contributed by atoms with Gasteiger partial charge in [0.1, 0.15) is 6.54 Å². The predicted octanol–water partition coefficient (Wildman–Crippen LogP) is 4.80. The third-order valence-electron chi connectivity index (χ3n) is 4.02. The molecule has 0 aliphatic carbocycles. The van der Waals surface area contributed by atoms with Crippen molar-refractivity contribution >= 4 is 28.6 Å². The molecule has 1 aromatic heterocycles. The van der Waals surface area contributed by atoms with E-state index in [0.29, 0.717) is 0 Å². The van der Waals surface area contributed by atoms with E-state index < -0.39 is 5.97 Å². The van der Waals surface area contributed by atoms with Gasteiger partial charge in [-0.1, -0.05) is 41.6 Å². The van der Waals surface area contributed by atoms with Crippen LogP contribution < -0.4 is 0 Å². The Morgan fingerprint density at radius 3 is 2.57 bits per heavy atom. The van der Waals surface area contributed by atoms with E-state index in [-0.39, 0.29) is 6.54 Å². The quantitative estimate of drug-likeness (QED) is 0.749. The molecule has 0 bridgehead atoms. The molecule has 1 N–H and O–H groups in total. The number of carboxylic acid groups (broad SMARTS) is 1. The van der Waals surface area contributed by atoms with Gasteiger partial charge in [0.2, 0.25) is 0 Å². The van der Waals surface area contributed by atoms with Crippen LogP contribution in [0.2, 0.25) is 0 Å². The molecule has 0 saturated heterocycles. The average molecular weight is 325 g/mol. The summed E-state index contributed by atoms with van der Waals surface area (Å²) >= 11 is 1.71. The molecule has 4 heteroatoms. The Kier molecular flexibility index (Phi) is 4.18. The molecule has 0 aliphatic rings. The fraction of sp³-hybridized carbons (Fsp3) is 0.211. The van der Waals surface area contributed by atoms with E-state index >= 15 is 0 Å². The van der Waals surface area contributed by atoms with E-state index in [4.69, 9.17) is 0 Å². The van der Waals surface area contributed by atoms with E-state index in [0.717, 1.165) is 21.5 Å². The fourth-order valence-electron chi connectivity index (χ4n) is 2.81. The van der Waals surface area contributed by atoms with Crippen LogP contribution in [0, 0.1) is 20.8 Å². The summed E-state index contributed by atoms with van der Waals surface area (Å²) in [6.07, 6.45) is 0. The number of aromatic nitrogens is 1. The van der Waals surface area contributed by atoms with Gasteiger partial charge >= 0.3 is 5.97 Å². The first kappa shape index (κ1) is 15.7. The molecule has 3 rings (SSSR count). The normalized spacial score (nSPS) is 11.1. The number of aliphatic carboxylic acids is 1. The van der Waals surface area contributed by atoms with Gasteiger partial charge < -0.3 is 9.67 Å². The van der Waals surface area contributed by atoms with Crippen molar-refractivity contribution in [2.24, 2.45) is 0 Å². The van der Waals surface area contributed by atoms with Crippen molar-refractivity contribution < 1.29 is 9.90 Å². The first-order chi connectivity index (χ1) is 11.0. The second-order valence-electron chi connectivity index (χ2n) is 5.78. The average Bonchev–Trinajstić information content (AvgIpc) is 2.74. The van der Waals surface area contributed by atoms with Crippen molar-refractivity contribution in [1.29, 1.82) is 0 Å². The van der Waals surface area contributed by atoms with Gasteiger partial charge in [-0.05, 0) is 44.5 Å². The predicted molar refractivity (Wildman–Crippen MR) is 94.3 cm³/mol. The third kappa shape index (κ3) is 2.99. The van der Waals surface area contributed by atoms with E-state index in [2.05, 4.69) is 32.0 Å². The summed E-state index contributed by atoms with van der Waals surface area (Å²) in [5, 5.41) is 10.3. The van der Waals surface area contributed by atoms with Crippen molar-refractivity contribution in [2.75, 3.05) is 0 Å². The van der Waals surface area contributed by atoms with Crippen molar-refractivity contribution in [3.63, 3.8) is 0 Å². The molecule has 0 spiro atoms. The number of fused-ring (bicyclic) bond motifs is 1. The summed E-state index contributed by atoms with van der Waals surface area (Å²) in [7, 11) is 0. The summed E-state index contributed by atoms with van der Waals surface area (Å²) in [4.78, 5) is 13.6. The number of benzene rings is 2. The van der Waals surface area contributed by atoms with Gasteiger partial charge in [0.15, 0.2) is 0 Å². The maximum absolute atomic E-state index is 11.2. The Balaban J connectivity index is 2.19. The number of hydrogen-bond donors (Lipinski definition) is 1. The number of carbonyl (C=O) groups is 1. The summed E-state index contributed by atoms with van der Waals surface area (Å²) in [5.41, 5.74) is 4.38. The Bertz CT molecular complexity index is 896. The molecule has 0 fully saturated rings. The minimum atomic E-state index is -0.821. The van der Waals surface area contributed by atoms with Gasteiger partial charge in [-0.2, -0.15) is 0 Å². The van der Waals surface area contributed by atoms with Crippen molar-refractivity contribution in [3.8, 4) is 0 Å². The van der Waals surface area contributed by atoms with Gasteiger partial charge in [-0.25, -0.2) is 0 Å². The lowest BCUT2D eigenvalue weighted by atomic mass is 10.2. The fourth-order valence-corrected chi connectivity index (χ4v) is 3.94. The van der Waals surface area contributed by atoms with Crippen molar-refractivity contribution in [2.45, 2.75) is 37.1 Å². The van der Waals surface area contributed by atoms with Crippen LogP contribution in [0.3, 0.4) is 0 Å². The van der Waals surface area contributed by atoms with Gasteiger partial charge in [0, 0.05) is 26.4 Å². The zero-order valence-electron chi connectivity index (χ0n) is 13.5. The van der Waals surface area contributed by atoms with Crippen LogP contribution in [-0.2, 0) is 11.3 Å². The molecule has 0 unspecified atom stereocenters. The van der Waals surface area contributed by atoms with E-state index in [1.54, 1.807) is 11.8 Å². The van der Waals surface area contributed by atoms with E-state index in [1.807, 2.05) is 35.8 Å². The first-order valence-corrected chi connectivity index (χ1v) is 8.33. The number of aryl methyl sites for hydroxylation is 2. The van der Waals surface area contributed by atoms with E-state index in [9.17, 15) is 9.90 Å². The smallest absolute Gasteiger partial charge is 0.323 e. The minimum Gasteiger partial charge on any atom is -0.480 e. The van der Waals surface area contributed by atoms with Crippen molar-refractivity contribution in [1.82, 2.24) is 4.57 Å². The van der Waals surface area contributed by atoms with Crippen LogP contribution in [0.25, 0.3) is 10.9 Å². The molecule has 118 valence electrons. The highest BCUT2D eigenvalue weighted by Gasteiger charge is 2.17. The zero-order valence-corrected chi connectivity index (χ0v) is 14.3. The van der Waals surface area contributed by atoms with Crippen molar-refractivity contribution in [3.05, 3.63) is 59.3 Å². The van der Waals surface area contributed by atoms with Crippen LogP contribution in [0.4, 0.5) is 0 Å². The zero-order chi connectivity index (χ0) is 16.6. The summed E-state index contributed by atoms with van der Waals surface area (Å²) in [5.74, 6) is -0.821. The first-order valence-electron chi connectivity index (χ1n) is 7.52. The molecule has 23 heavy (non-hydrogen) atoms. The van der Waals surface area contributed by atoms with Crippen LogP contribution >= 0.6 is 11.8 Å². The monoisotopic (exact) mass is 325 g/mol. The van der Waals surface area contributed by atoms with Gasteiger partial charge in [-0.3, -0.25) is 4.79 Å². The number of rotatable bonds is 4. The highest BCUT2D eigenvalue weighted by molar-refractivity contribution is 7.99. The maximum Gasteiger partial charge on any atom is 0.323 e. The Hall–Kier alpha value is -2.20. The topological polar surface area (TPSA) is 42.2 Å². The second-order valence-corrected chi connectivity index (χ2v) is 6.83. The molecule has 0 amide bonds. The summed E-state index contributed by atoms with van der Waals surface area (Å²) < 4.78 is 1.89. The second kappa shape index (κ2) is 6.13. The van der Waals surface area contributed by atoms with Gasteiger partial charge in [0.05, 0.1) is 0 Å². The SMILES string of the molecule is Cc1ccc2c(c1)c(Sc1ccccc1C)c(C)n2CC(=O)O. The lowest BCUT2D eigenvalue weighted by Crippen LogP contribution is -2.09. The highest BCUT2D eigenvalue weighted by Crippen LogP contribution is 2.39. The molecule has 0 radical (unpaired) electrons. The molecular formula is C19H19NO2S. The number of hydrogen-bond acceptors (Lipinski definition) is 2. The molecular weight excluding hydrogens is 306 g/mol. The van der Waals surface area contributed by atoms with Crippen LogP contribution in [0.5, 0.6) is 0 Å². The molecule has 0 aliphatic heterocycles. The Labute approximate surface area is 139 Å². The Morgan fingerprint density at radius 1 is 1.13 bits per heavy atom.